The highest BCUT2D eigenvalue weighted by Gasteiger charge is 2.21. The number of hydrogen-bond donors (Lipinski definition) is 1. The third kappa shape index (κ3) is 7.25. The smallest absolute Gasteiger partial charge is 0.0900 e. The van der Waals surface area contributed by atoms with E-state index >= 15 is 0 Å². The Morgan fingerprint density at radius 1 is 1.11 bits per heavy atom. The zero-order valence-electron chi connectivity index (χ0n) is 13.4. The molecule has 1 aliphatic rings. The first-order valence-corrected chi connectivity index (χ1v) is 7.50. The molecule has 114 valence electrons. The van der Waals surface area contributed by atoms with E-state index in [9.17, 15) is 5.11 Å². The van der Waals surface area contributed by atoms with Gasteiger partial charge in [-0.15, -0.1) is 0 Å². The SMILES string of the molecule is CC(C)N1CCN(C[C@H](O)COCC(C)(C)C)CC1. The van der Waals surface area contributed by atoms with Crippen molar-refractivity contribution in [1.82, 2.24) is 9.80 Å². The summed E-state index contributed by atoms with van der Waals surface area (Å²) >= 11 is 0. The molecule has 1 heterocycles. The van der Waals surface area contributed by atoms with Gasteiger partial charge in [-0.3, -0.25) is 9.80 Å². The van der Waals surface area contributed by atoms with Gasteiger partial charge in [-0.1, -0.05) is 20.8 Å². The van der Waals surface area contributed by atoms with Crippen molar-refractivity contribution in [2.45, 2.75) is 46.8 Å². The van der Waals surface area contributed by atoms with E-state index in [-0.39, 0.29) is 11.5 Å². The highest BCUT2D eigenvalue weighted by molar-refractivity contribution is 4.76. The molecule has 0 aliphatic carbocycles. The van der Waals surface area contributed by atoms with Crippen molar-refractivity contribution in [1.29, 1.82) is 0 Å². The van der Waals surface area contributed by atoms with Gasteiger partial charge in [0.25, 0.3) is 0 Å². The summed E-state index contributed by atoms with van der Waals surface area (Å²) in [5, 5.41) is 9.99. The topological polar surface area (TPSA) is 35.9 Å². The van der Waals surface area contributed by atoms with Gasteiger partial charge < -0.3 is 9.84 Å². The molecule has 1 atom stereocenters. The second kappa shape index (κ2) is 7.58. The van der Waals surface area contributed by atoms with Crippen molar-refractivity contribution < 1.29 is 9.84 Å². The lowest BCUT2D eigenvalue weighted by Gasteiger charge is -2.37. The number of β-amino-alcohol motifs (C(OH)–C–C–N with tert-alkyl or cyclic N) is 1. The van der Waals surface area contributed by atoms with Crippen molar-refractivity contribution in [3.63, 3.8) is 0 Å². The summed E-state index contributed by atoms with van der Waals surface area (Å²) in [6.45, 7) is 17.1. The Hall–Kier alpha value is -0.160. The van der Waals surface area contributed by atoms with Crippen molar-refractivity contribution in [3.8, 4) is 0 Å². The van der Waals surface area contributed by atoms with Crippen LogP contribution in [0.1, 0.15) is 34.6 Å². The van der Waals surface area contributed by atoms with E-state index in [1.165, 1.54) is 0 Å². The molecule has 1 rings (SSSR count). The Balaban J connectivity index is 2.15. The van der Waals surface area contributed by atoms with Crippen LogP contribution >= 0.6 is 0 Å². The fourth-order valence-corrected chi connectivity index (χ4v) is 2.31. The molecule has 0 saturated carbocycles. The van der Waals surface area contributed by atoms with E-state index in [4.69, 9.17) is 4.74 Å². The van der Waals surface area contributed by atoms with E-state index in [1.54, 1.807) is 0 Å². The van der Waals surface area contributed by atoms with Gasteiger partial charge in [0.15, 0.2) is 0 Å². The van der Waals surface area contributed by atoms with Crippen molar-refractivity contribution >= 4 is 0 Å². The van der Waals surface area contributed by atoms with Crippen LogP contribution in [0.15, 0.2) is 0 Å². The molecule has 1 N–H and O–H groups in total. The molecule has 0 amide bonds. The second-order valence-corrected chi connectivity index (χ2v) is 7.16. The monoisotopic (exact) mass is 272 g/mol. The van der Waals surface area contributed by atoms with E-state index in [1.807, 2.05) is 0 Å². The number of aliphatic hydroxyl groups is 1. The maximum atomic E-state index is 9.99. The fraction of sp³-hybridized carbons (Fsp3) is 1.00. The van der Waals surface area contributed by atoms with Crippen LogP contribution in [0, 0.1) is 5.41 Å². The molecule has 1 saturated heterocycles. The van der Waals surface area contributed by atoms with Gasteiger partial charge in [0.05, 0.1) is 19.3 Å². The van der Waals surface area contributed by atoms with Gasteiger partial charge in [-0.05, 0) is 19.3 Å². The van der Waals surface area contributed by atoms with Gasteiger partial charge in [0.2, 0.25) is 0 Å². The Bertz CT molecular complexity index is 243. The lowest BCUT2D eigenvalue weighted by atomic mass is 9.99. The minimum Gasteiger partial charge on any atom is -0.389 e. The first-order chi connectivity index (χ1) is 8.78. The number of hydrogen-bond acceptors (Lipinski definition) is 4. The molecule has 0 aromatic heterocycles. The minimum atomic E-state index is -0.368. The zero-order valence-corrected chi connectivity index (χ0v) is 13.4. The number of nitrogens with zero attached hydrogens (tertiary/aromatic N) is 2. The van der Waals surface area contributed by atoms with Crippen LogP contribution in [0.5, 0.6) is 0 Å². The summed E-state index contributed by atoms with van der Waals surface area (Å²) in [6.07, 6.45) is -0.368. The van der Waals surface area contributed by atoms with Crippen LogP contribution in [0.25, 0.3) is 0 Å². The molecule has 0 radical (unpaired) electrons. The Labute approximate surface area is 118 Å². The van der Waals surface area contributed by atoms with Crippen molar-refractivity contribution in [2.75, 3.05) is 45.9 Å². The maximum Gasteiger partial charge on any atom is 0.0900 e. The molecular formula is C15H32N2O2. The quantitative estimate of drug-likeness (QED) is 0.793. The van der Waals surface area contributed by atoms with Crippen LogP contribution in [-0.2, 0) is 4.74 Å². The molecule has 0 bridgehead atoms. The van der Waals surface area contributed by atoms with E-state index in [0.717, 1.165) is 32.7 Å². The summed E-state index contributed by atoms with van der Waals surface area (Å²) in [6, 6.07) is 0.627. The molecule has 1 aliphatic heterocycles. The van der Waals surface area contributed by atoms with E-state index in [2.05, 4.69) is 44.4 Å². The molecule has 4 heteroatoms. The lowest BCUT2D eigenvalue weighted by molar-refractivity contribution is -0.0142. The molecule has 1 fully saturated rings. The minimum absolute atomic E-state index is 0.169. The van der Waals surface area contributed by atoms with Crippen LogP contribution < -0.4 is 0 Å². The number of aliphatic hydroxyl groups excluding tert-OH is 1. The summed E-state index contributed by atoms with van der Waals surface area (Å²) in [4.78, 5) is 4.82. The summed E-state index contributed by atoms with van der Waals surface area (Å²) in [5.74, 6) is 0. The highest BCUT2D eigenvalue weighted by Crippen LogP contribution is 2.13. The van der Waals surface area contributed by atoms with Gasteiger partial charge in [0.1, 0.15) is 0 Å². The summed E-state index contributed by atoms with van der Waals surface area (Å²) in [5.41, 5.74) is 0.169. The first kappa shape index (κ1) is 16.9. The Morgan fingerprint density at radius 2 is 1.68 bits per heavy atom. The third-order valence-corrected chi connectivity index (χ3v) is 3.45. The Kier molecular flexibility index (Phi) is 6.74. The fourth-order valence-electron chi connectivity index (χ4n) is 2.31. The standard InChI is InChI=1S/C15H32N2O2/c1-13(2)17-8-6-16(7-9-17)10-14(18)11-19-12-15(3,4)5/h13-14,18H,6-12H2,1-5H3/t14-/m0/s1. The Morgan fingerprint density at radius 3 is 2.16 bits per heavy atom. The third-order valence-electron chi connectivity index (χ3n) is 3.45. The maximum absolute atomic E-state index is 9.99. The average molecular weight is 272 g/mol. The van der Waals surface area contributed by atoms with E-state index in [0.29, 0.717) is 19.3 Å². The van der Waals surface area contributed by atoms with Crippen LogP contribution in [0.3, 0.4) is 0 Å². The lowest BCUT2D eigenvalue weighted by Crippen LogP contribution is -2.50. The van der Waals surface area contributed by atoms with Gasteiger partial charge in [0, 0.05) is 38.8 Å². The molecule has 0 spiro atoms. The van der Waals surface area contributed by atoms with Gasteiger partial charge in [-0.25, -0.2) is 0 Å². The molecule has 0 aromatic rings. The largest absolute Gasteiger partial charge is 0.389 e. The molecule has 4 nitrogen and oxygen atoms in total. The predicted molar refractivity (Wildman–Crippen MR) is 79.4 cm³/mol. The van der Waals surface area contributed by atoms with E-state index < -0.39 is 0 Å². The summed E-state index contributed by atoms with van der Waals surface area (Å²) in [7, 11) is 0. The normalized spacial score (nSPS) is 21.0. The number of ether oxygens (including phenoxy) is 1. The second-order valence-electron chi connectivity index (χ2n) is 7.16. The predicted octanol–water partition coefficient (Wildman–Crippen LogP) is 1.44. The zero-order chi connectivity index (χ0) is 14.5. The van der Waals surface area contributed by atoms with Crippen LogP contribution in [0.4, 0.5) is 0 Å². The van der Waals surface area contributed by atoms with Crippen LogP contribution in [-0.4, -0.2) is 73.0 Å². The molecule has 0 unspecified atom stereocenters. The molecule has 0 aromatic carbocycles. The average Bonchev–Trinajstić information content (AvgIpc) is 2.27. The first-order valence-electron chi connectivity index (χ1n) is 7.50. The molecule has 19 heavy (non-hydrogen) atoms. The number of rotatable bonds is 6. The van der Waals surface area contributed by atoms with Crippen molar-refractivity contribution in [3.05, 3.63) is 0 Å². The number of piperazine rings is 1. The van der Waals surface area contributed by atoms with Gasteiger partial charge >= 0.3 is 0 Å². The molecular weight excluding hydrogens is 240 g/mol. The van der Waals surface area contributed by atoms with Gasteiger partial charge in [-0.2, -0.15) is 0 Å². The van der Waals surface area contributed by atoms with Crippen molar-refractivity contribution in [2.24, 2.45) is 5.41 Å². The van der Waals surface area contributed by atoms with Crippen LogP contribution in [0.2, 0.25) is 0 Å². The summed E-state index contributed by atoms with van der Waals surface area (Å²) < 4.78 is 5.57. The highest BCUT2D eigenvalue weighted by atomic mass is 16.5.